The van der Waals surface area contributed by atoms with Gasteiger partial charge in [-0.15, -0.1) is 0 Å². The number of hydrogen-bond donors (Lipinski definition) is 0. The van der Waals surface area contributed by atoms with Crippen molar-refractivity contribution in [3.05, 3.63) is 30.3 Å². The van der Waals surface area contributed by atoms with Crippen molar-refractivity contribution in [3.8, 4) is 0 Å². The summed E-state index contributed by atoms with van der Waals surface area (Å²) in [6.07, 6.45) is 4.37. The van der Waals surface area contributed by atoms with Crippen LogP contribution in [0.25, 0.3) is 0 Å². The number of amides is 3. The normalized spacial score (nSPS) is 27.2. The zero-order chi connectivity index (χ0) is 18.8. The van der Waals surface area contributed by atoms with Crippen molar-refractivity contribution in [2.24, 2.45) is 16.8 Å². The number of carbonyl (C=O) groups excluding carboxylic acids is 3. The molecule has 4 rings (SSSR count). The first-order valence-electron chi connectivity index (χ1n) is 9.57. The fourth-order valence-electron chi connectivity index (χ4n) is 4.10. The Kier molecular flexibility index (Phi) is 5.29. The molecule has 0 unspecified atom stereocenters. The van der Waals surface area contributed by atoms with Gasteiger partial charge in [0.15, 0.2) is 5.17 Å². The number of nitrogens with zero attached hydrogens (tertiary/aromatic N) is 3. The van der Waals surface area contributed by atoms with Crippen molar-refractivity contribution < 1.29 is 14.4 Å². The average molecular weight is 385 g/mol. The first kappa shape index (κ1) is 18.2. The molecule has 0 aromatic heterocycles. The Morgan fingerprint density at radius 3 is 2.37 bits per heavy atom. The van der Waals surface area contributed by atoms with Gasteiger partial charge in [0.2, 0.25) is 17.7 Å². The molecule has 3 amide bonds. The van der Waals surface area contributed by atoms with Gasteiger partial charge in [-0.25, -0.2) is 4.99 Å². The number of hydrogen-bond acceptors (Lipinski definition) is 5. The molecular formula is C20H23N3O3S. The number of imide groups is 1. The maximum Gasteiger partial charge on any atom is 0.248 e. The third-order valence-electron chi connectivity index (χ3n) is 5.50. The smallest absolute Gasteiger partial charge is 0.248 e. The summed E-state index contributed by atoms with van der Waals surface area (Å²) in [7, 11) is 0. The van der Waals surface area contributed by atoms with E-state index in [1.54, 1.807) is 16.7 Å². The molecule has 2 heterocycles. The summed E-state index contributed by atoms with van der Waals surface area (Å²) < 4.78 is 0. The van der Waals surface area contributed by atoms with Crippen LogP contribution in [0.1, 0.15) is 32.1 Å². The second-order valence-electron chi connectivity index (χ2n) is 7.24. The highest BCUT2D eigenvalue weighted by Gasteiger charge is 2.48. The Bertz CT molecular complexity index is 756. The molecule has 0 radical (unpaired) electrons. The van der Waals surface area contributed by atoms with E-state index in [1.165, 1.54) is 4.90 Å². The standard InChI is InChI=1S/C20H23N3O3S/c24-17(13-23-18(25)15-9-4-5-10-16(15)19(23)26)22-11-6-12-27-20(22)21-14-7-2-1-3-8-14/h1-3,7-8,15-16H,4-6,9-13H2/t15-,16-/m0/s1. The van der Waals surface area contributed by atoms with Gasteiger partial charge in [-0.3, -0.25) is 24.2 Å². The van der Waals surface area contributed by atoms with Crippen LogP contribution in [0.4, 0.5) is 5.69 Å². The van der Waals surface area contributed by atoms with Crippen molar-refractivity contribution in [1.29, 1.82) is 0 Å². The minimum absolute atomic E-state index is 0.163. The zero-order valence-electron chi connectivity index (χ0n) is 15.2. The predicted molar refractivity (Wildman–Crippen MR) is 104 cm³/mol. The van der Waals surface area contributed by atoms with Crippen molar-refractivity contribution in [2.75, 3.05) is 18.8 Å². The van der Waals surface area contributed by atoms with Gasteiger partial charge in [0.1, 0.15) is 6.54 Å². The molecule has 3 aliphatic rings. The van der Waals surface area contributed by atoms with Gasteiger partial charge in [0.25, 0.3) is 0 Å². The molecular weight excluding hydrogens is 362 g/mol. The highest BCUT2D eigenvalue weighted by Crippen LogP contribution is 2.38. The fourth-order valence-corrected chi connectivity index (χ4v) is 5.08. The van der Waals surface area contributed by atoms with Crippen molar-refractivity contribution in [2.45, 2.75) is 32.1 Å². The van der Waals surface area contributed by atoms with Crippen molar-refractivity contribution in [3.63, 3.8) is 0 Å². The lowest BCUT2D eigenvalue weighted by Crippen LogP contribution is -2.46. The van der Waals surface area contributed by atoms with Gasteiger partial charge < -0.3 is 0 Å². The van der Waals surface area contributed by atoms with E-state index >= 15 is 0 Å². The molecule has 1 aromatic rings. The summed E-state index contributed by atoms with van der Waals surface area (Å²) in [4.78, 5) is 45.6. The monoisotopic (exact) mass is 385 g/mol. The highest BCUT2D eigenvalue weighted by atomic mass is 32.2. The van der Waals surface area contributed by atoms with E-state index in [-0.39, 0.29) is 36.1 Å². The van der Waals surface area contributed by atoms with E-state index in [0.29, 0.717) is 11.7 Å². The minimum atomic E-state index is -0.225. The highest BCUT2D eigenvalue weighted by molar-refractivity contribution is 8.13. The number of thioether (sulfide) groups is 1. The first-order valence-corrected chi connectivity index (χ1v) is 10.6. The summed E-state index contributed by atoms with van der Waals surface area (Å²) in [5.41, 5.74) is 0.791. The van der Waals surface area contributed by atoms with Crippen LogP contribution in [0.3, 0.4) is 0 Å². The fraction of sp³-hybridized carbons (Fsp3) is 0.500. The van der Waals surface area contributed by atoms with Crippen LogP contribution >= 0.6 is 11.8 Å². The number of aliphatic imine (C=N–C) groups is 1. The molecule has 2 aliphatic heterocycles. The van der Waals surface area contributed by atoms with E-state index in [2.05, 4.69) is 4.99 Å². The number of likely N-dealkylation sites (tertiary alicyclic amines) is 1. The molecule has 6 nitrogen and oxygen atoms in total. The molecule has 1 aliphatic carbocycles. The van der Waals surface area contributed by atoms with Gasteiger partial charge in [-0.1, -0.05) is 42.8 Å². The Hall–Kier alpha value is -2.15. The van der Waals surface area contributed by atoms with Crippen LogP contribution in [0.2, 0.25) is 0 Å². The van der Waals surface area contributed by atoms with E-state index in [4.69, 9.17) is 0 Å². The zero-order valence-corrected chi connectivity index (χ0v) is 16.0. The lowest BCUT2D eigenvalue weighted by Gasteiger charge is -2.29. The quantitative estimate of drug-likeness (QED) is 0.750. The Labute approximate surface area is 163 Å². The number of amidine groups is 1. The molecule has 27 heavy (non-hydrogen) atoms. The summed E-state index contributed by atoms with van der Waals surface area (Å²) >= 11 is 1.54. The topological polar surface area (TPSA) is 70.1 Å². The van der Waals surface area contributed by atoms with Crippen LogP contribution in [0.15, 0.2) is 35.3 Å². The molecule has 0 bridgehead atoms. The van der Waals surface area contributed by atoms with Crippen LogP contribution in [-0.2, 0) is 14.4 Å². The maximum absolute atomic E-state index is 12.9. The number of fused-ring (bicyclic) bond motifs is 1. The van der Waals surface area contributed by atoms with Gasteiger partial charge in [0, 0.05) is 12.3 Å². The predicted octanol–water partition coefficient (Wildman–Crippen LogP) is 2.81. The molecule has 0 spiro atoms. The summed E-state index contributed by atoms with van der Waals surface area (Å²) in [6, 6.07) is 9.52. The van der Waals surface area contributed by atoms with Crippen LogP contribution in [-0.4, -0.2) is 51.5 Å². The van der Waals surface area contributed by atoms with Gasteiger partial charge in [-0.2, -0.15) is 0 Å². The van der Waals surface area contributed by atoms with E-state index < -0.39 is 0 Å². The second kappa shape index (κ2) is 7.84. The second-order valence-corrected chi connectivity index (χ2v) is 8.30. The molecule has 7 heteroatoms. The van der Waals surface area contributed by atoms with Crippen LogP contribution in [0, 0.1) is 11.8 Å². The summed E-state index contributed by atoms with van der Waals surface area (Å²) in [5.74, 6) is -0.0773. The van der Waals surface area contributed by atoms with Gasteiger partial charge in [0.05, 0.1) is 17.5 Å². The molecule has 3 fully saturated rings. The number of rotatable bonds is 3. The summed E-state index contributed by atoms with van der Waals surface area (Å²) in [6.45, 7) is 0.402. The largest absolute Gasteiger partial charge is 0.290 e. The Balaban J connectivity index is 1.50. The van der Waals surface area contributed by atoms with E-state index in [9.17, 15) is 14.4 Å². The molecule has 1 saturated carbocycles. The molecule has 142 valence electrons. The lowest BCUT2D eigenvalue weighted by atomic mass is 9.81. The first-order chi connectivity index (χ1) is 13.1. The minimum Gasteiger partial charge on any atom is -0.290 e. The number of carbonyl (C=O) groups is 3. The van der Waals surface area contributed by atoms with Gasteiger partial charge >= 0.3 is 0 Å². The lowest BCUT2D eigenvalue weighted by molar-refractivity contribution is -0.145. The Morgan fingerprint density at radius 2 is 1.70 bits per heavy atom. The van der Waals surface area contributed by atoms with Crippen LogP contribution < -0.4 is 0 Å². The third kappa shape index (κ3) is 3.65. The molecule has 2 atom stereocenters. The van der Waals surface area contributed by atoms with Crippen LogP contribution in [0.5, 0.6) is 0 Å². The summed E-state index contributed by atoms with van der Waals surface area (Å²) in [5, 5.41) is 0.647. The van der Waals surface area contributed by atoms with E-state index in [0.717, 1.165) is 43.5 Å². The van der Waals surface area contributed by atoms with Crippen molar-refractivity contribution in [1.82, 2.24) is 9.80 Å². The maximum atomic E-state index is 12.9. The van der Waals surface area contributed by atoms with Crippen molar-refractivity contribution >= 4 is 40.3 Å². The third-order valence-corrected chi connectivity index (χ3v) is 6.56. The molecule has 2 saturated heterocycles. The number of benzene rings is 1. The van der Waals surface area contributed by atoms with Gasteiger partial charge in [-0.05, 0) is 31.4 Å². The molecule has 0 N–H and O–H groups in total. The van der Waals surface area contributed by atoms with E-state index in [1.807, 2.05) is 30.3 Å². The average Bonchev–Trinajstić information content (AvgIpc) is 2.94. The Morgan fingerprint density at radius 1 is 1.04 bits per heavy atom. The molecule has 1 aromatic carbocycles. The number of para-hydroxylation sites is 1. The SMILES string of the molecule is O=C(CN1C(=O)[C@H]2CCCC[C@@H]2C1=O)N1CCCSC1=Nc1ccccc1.